The van der Waals surface area contributed by atoms with E-state index in [0.29, 0.717) is 12.2 Å². The number of aliphatic hydroxyl groups is 1. The fourth-order valence-corrected chi connectivity index (χ4v) is 2.51. The van der Waals surface area contributed by atoms with Gasteiger partial charge in [0.05, 0.1) is 0 Å². The quantitative estimate of drug-likeness (QED) is 0.890. The average Bonchev–Trinajstić information content (AvgIpc) is 2.74. The summed E-state index contributed by atoms with van der Waals surface area (Å²) >= 11 is 0. The van der Waals surface area contributed by atoms with Gasteiger partial charge in [0.1, 0.15) is 29.0 Å². The second-order valence-corrected chi connectivity index (χ2v) is 5.81. The Morgan fingerprint density at radius 1 is 1.35 bits per heavy atom. The largest absolute Gasteiger partial charge is 0.384 e. The number of halogens is 2. The van der Waals surface area contributed by atoms with Gasteiger partial charge in [-0.25, -0.2) is 8.78 Å². The normalized spacial score (nSPS) is 13.6. The van der Waals surface area contributed by atoms with Gasteiger partial charge in [0.15, 0.2) is 0 Å². The third kappa shape index (κ3) is 3.58. The molecule has 0 saturated carbocycles. The zero-order valence-electron chi connectivity index (χ0n) is 13.3. The molecule has 0 aliphatic rings. The van der Waals surface area contributed by atoms with E-state index < -0.39 is 17.2 Å². The summed E-state index contributed by atoms with van der Waals surface area (Å²) in [5.74, 6) is -1.46. The van der Waals surface area contributed by atoms with Crippen molar-refractivity contribution in [1.82, 2.24) is 9.88 Å². The maximum Gasteiger partial charge on any atom is 0.132 e. The topological polar surface area (TPSA) is 61.0 Å². The minimum Gasteiger partial charge on any atom is -0.384 e. The molecular weight excluding hydrogens is 300 g/mol. The van der Waals surface area contributed by atoms with Gasteiger partial charge in [-0.15, -0.1) is 0 Å². The maximum atomic E-state index is 13.8. The van der Waals surface area contributed by atoms with Crippen molar-refractivity contribution >= 4 is 0 Å². The molecule has 0 aliphatic heterocycles. The van der Waals surface area contributed by atoms with Gasteiger partial charge >= 0.3 is 0 Å². The molecule has 0 aliphatic carbocycles. The van der Waals surface area contributed by atoms with Crippen molar-refractivity contribution < 1.29 is 13.9 Å². The minimum atomic E-state index is -1.47. The first-order chi connectivity index (χ1) is 10.8. The standard InChI is InChI=1S/C17H19F2N3O/c1-11-12(6-14(8-20)22(11)3)9-21-10-17(2,23)15-5-4-13(18)7-16(15)19/h4-7,21,23H,9-10H2,1-3H3. The van der Waals surface area contributed by atoms with E-state index in [1.807, 2.05) is 6.92 Å². The molecule has 0 amide bonds. The SMILES string of the molecule is Cc1c(CNCC(C)(O)c2ccc(F)cc2F)cc(C#N)n1C. The van der Waals surface area contributed by atoms with E-state index in [2.05, 4.69) is 11.4 Å². The van der Waals surface area contributed by atoms with Gasteiger partial charge in [-0.3, -0.25) is 0 Å². The molecule has 0 spiro atoms. The molecule has 0 bridgehead atoms. The molecule has 0 saturated heterocycles. The summed E-state index contributed by atoms with van der Waals surface area (Å²) in [6, 6.07) is 6.99. The van der Waals surface area contributed by atoms with Crippen LogP contribution in [0.4, 0.5) is 8.78 Å². The molecular formula is C17H19F2N3O. The monoisotopic (exact) mass is 319 g/mol. The van der Waals surface area contributed by atoms with Crippen molar-refractivity contribution in [3.8, 4) is 6.07 Å². The molecule has 4 nitrogen and oxygen atoms in total. The predicted octanol–water partition coefficient (Wildman–Crippen LogP) is 2.48. The number of nitrogens with one attached hydrogen (secondary N) is 1. The van der Waals surface area contributed by atoms with E-state index in [9.17, 15) is 13.9 Å². The first-order valence-corrected chi connectivity index (χ1v) is 7.20. The van der Waals surface area contributed by atoms with E-state index in [0.717, 1.165) is 23.4 Å². The summed E-state index contributed by atoms with van der Waals surface area (Å²) in [7, 11) is 1.81. The van der Waals surface area contributed by atoms with Crippen LogP contribution in [-0.4, -0.2) is 16.2 Å². The van der Waals surface area contributed by atoms with Crippen molar-refractivity contribution in [3.05, 3.63) is 58.4 Å². The molecule has 2 rings (SSSR count). The zero-order chi connectivity index (χ0) is 17.2. The predicted molar refractivity (Wildman–Crippen MR) is 82.5 cm³/mol. The number of hydrogen-bond acceptors (Lipinski definition) is 3. The van der Waals surface area contributed by atoms with Crippen molar-refractivity contribution in [2.75, 3.05) is 6.54 Å². The van der Waals surface area contributed by atoms with Gasteiger partial charge in [0.25, 0.3) is 0 Å². The van der Waals surface area contributed by atoms with Crippen molar-refractivity contribution in [2.24, 2.45) is 7.05 Å². The number of benzene rings is 1. The average molecular weight is 319 g/mol. The van der Waals surface area contributed by atoms with Crippen molar-refractivity contribution in [2.45, 2.75) is 26.0 Å². The lowest BCUT2D eigenvalue weighted by molar-refractivity contribution is 0.0528. The minimum absolute atomic E-state index is 0.0360. The van der Waals surface area contributed by atoms with Crippen LogP contribution in [0, 0.1) is 29.9 Å². The van der Waals surface area contributed by atoms with Crippen LogP contribution in [0.1, 0.15) is 29.4 Å². The molecule has 1 atom stereocenters. The highest BCUT2D eigenvalue weighted by molar-refractivity contribution is 5.34. The number of nitriles is 1. The lowest BCUT2D eigenvalue weighted by Crippen LogP contribution is -2.36. The van der Waals surface area contributed by atoms with Crippen LogP contribution in [0.3, 0.4) is 0 Å². The van der Waals surface area contributed by atoms with E-state index in [1.54, 1.807) is 17.7 Å². The second kappa shape index (κ2) is 6.49. The summed E-state index contributed by atoms with van der Waals surface area (Å²) in [4.78, 5) is 0. The summed E-state index contributed by atoms with van der Waals surface area (Å²) in [6.45, 7) is 3.89. The number of aromatic nitrogens is 1. The Morgan fingerprint density at radius 3 is 2.61 bits per heavy atom. The van der Waals surface area contributed by atoms with E-state index >= 15 is 0 Å². The smallest absolute Gasteiger partial charge is 0.132 e. The van der Waals surface area contributed by atoms with Crippen molar-refractivity contribution in [3.63, 3.8) is 0 Å². The molecule has 0 radical (unpaired) electrons. The van der Waals surface area contributed by atoms with Gasteiger partial charge in [-0.05, 0) is 31.5 Å². The molecule has 122 valence electrons. The van der Waals surface area contributed by atoms with Crippen molar-refractivity contribution in [1.29, 1.82) is 5.26 Å². The molecule has 1 aromatic carbocycles. The molecule has 1 heterocycles. The van der Waals surface area contributed by atoms with Gasteiger partial charge in [-0.1, -0.05) is 6.07 Å². The summed E-state index contributed by atoms with van der Waals surface area (Å²) in [5, 5.41) is 22.5. The van der Waals surface area contributed by atoms with Gasteiger partial charge in [-0.2, -0.15) is 5.26 Å². The summed E-state index contributed by atoms with van der Waals surface area (Å²) in [5.41, 5.74) is 0.990. The number of rotatable bonds is 5. The van der Waals surface area contributed by atoms with Gasteiger partial charge in [0, 0.05) is 37.5 Å². The highest BCUT2D eigenvalue weighted by Crippen LogP contribution is 2.24. The fraction of sp³-hybridized carbons (Fsp3) is 0.353. The summed E-state index contributed by atoms with van der Waals surface area (Å²) < 4.78 is 28.5. The first kappa shape index (κ1) is 17.1. The van der Waals surface area contributed by atoms with Crippen LogP contribution >= 0.6 is 0 Å². The molecule has 1 aromatic heterocycles. The molecule has 6 heteroatoms. The zero-order valence-corrected chi connectivity index (χ0v) is 13.3. The van der Waals surface area contributed by atoms with Crippen LogP contribution in [-0.2, 0) is 19.2 Å². The van der Waals surface area contributed by atoms with E-state index in [4.69, 9.17) is 5.26 Å². The Balaban J connectivity index is 2.07. The molecule has 1 unspecified atom stereocenters. The third-order valence-corrected chi connectivity index (χ3v) is 4.05. The third-order valence-electron chi connectivity index (χ3n) is 4.05. The van der Waals surface area contributed by atoms with Crippen LogP contribution in [0.15, 0.2) is 24.3 Å². The Labute approximate surface area is 134 Å². The van der Waals surface area contributed by atoms with E-state index in [-0.39, 0.29) is 12.1 Å². The Bertz CT molecular complexity index is 760. The van der Waals surface area contributed by atoms with E-state index in [1.165, 1.54) is 13.0 Å². The molecule has 23 heavy (non-hydrogen) atoms. The number of nitrogens with zero attached hydrogens (tertiary/aromatic N) is 2. The van der Waals surface area contributed by atoms with Crippen LogP contribution in [0.25, 0.3) is 0 Å². The van der Waals surface area contributed by atoms with Gasteiger partial charge in [0.2, 0.25) is 0 Å². The van der Waals surface area contributed by atoms with Gasteiger partial charge < -0.3 is 15.0 Å². The molecule has 2 N–H and O–H groups in total. The summed E-state index contributed by atoms with van der Waals surface area (Å²) in [6.07, 6.45) is 0. The molecule has 0 fully saturated rings. The Kier molecular flexibility index (Phi) is 4.83. The first-order valence-electron chi connectivity index (χ1n) is 7.20. The second-order valence-electron chi connectivity index (χ2n) is 5.81. The Hall–Kier alpha value is -2.23. The highest BCUT2D eigenvalue weighted by Gasteiger charge is 2.26. The maximum absolute atomic E-state index is 13.8. The van der Waals surface area contributed by atoms with Crippen LogP contribution in [0.2, 0.25) is 0 Å². The number of hydrogen-bond donors (Lipinski definition) is 2. The highest BCUT2D eigenvalue weighted by atomic mass is 19.1. The molecule has 2 aromatic rings. The van der Waals surface area contributed by atoms with Crippen LogP contribution in [0.5, 0.6) is 0 Å². The van der Waals surface area contributed by atoms with Crippen LogP contribution < -0.4 is 5.32 Å². The lowest BCUT2D eigenvalue weighted by atomic mass is 9.95. The lowest BCUT2D eigenvalue weighted by Gasteiger charge is -2.25. The fourth-order valence-electron chi connectivity index (χ4n) is 2.51. The Morgan fingerprint density at radius 2 is 2.04 bits per heavy atom.